The molecule has 1 amide bonds. The van der Waals surface area contributed by atoms with E-state index in [0.29, 0.717) is 28.9 Å². The molecule has 0 fully saturated rings. The topological polar surface area (TPSA) is 87.3 Å². The number of carbonyl (C=O) groups is 1. The van der Waals surface area contributed by atoms with Crippen molar-refractivity contribution in [1.29, 1.82) is 0 Å². The van der Waals surface area contributed by atoms with Crippen molar-refractivity contribution in [2.24, 2.45) is 0 Å². The first kappa shape index (κ1) is 26.9. The molecular formula is C28H24F3N3O3S. The summed E-state index contributed by atoms with van der Waals surface area (Å²) in [6.07, 6.45) is -4.44. The van der Waals surface area contributed by atoms with Crippen molar-refractivity contribution in [2.75, 3.05) is 23.7 Å². The average molecular weight is 540 g/mol. The van der Waals surface area contributed by atoms with Gasteiger partial charge in [-0.15, -0.1) is 0 Å². The first-order valence-corrected chi connectivity index (χ1v) is 13.1. The van der Waals surface area contributed by atoms with Crippen molar-refractivity contribution in [1.82, 2.24) is 4.72 Å². The van der Waals surface area contributed by atoms with Gasteiger partial charge in [0.2, 0.25) is 10.0 Å². The van der Waals surface area contributed by atoms with Crippen molar-refractivity contribution in [3.8, 4) is 11.1 Å². The Bertz CT molecular complexity index is 1490. The molecule has 0 unspecified atom stereocenters. The molecule has 0 aliphatic heterocycles. The fourth-order valence-electron chi connectivity index (χ4n) is 3.72. The van der Waals surface area contributed by atoms with E-state index in [1.54, 1.807) is 66.7 Å². The molecule has 4 rings (SSSR count). The Hall–Kier alpha value is -4.15. The summed E-state index contributed by atoms with van der Waals surface area (Å²) < 4.78 is 65.7. The van der Waals surface area contributed by atoms with E-state index in [9.17, 15) is 26.4 Å². The fourth-order valence-corrected chi connectivity index (χ4v) is 4.77. The van der Waals surface area contributed by atoms with Gasteiger partial charge < -0.3 is 10.6 Å². The van der Waals surface area contributed by atoms with Gasteiger partial charge in [-0.3, -0.25) is 4.79 Å². The lowest BCUT2D eigenvalue weighted by Gasteiger charge is -2.13. The lowest BCUT2D eigenvalue weighted by molar-refractivity contribution is -0.137. The lowest BCUT2D eigenvalue weighted by atomic mass is 9.98. The molecule has 0 bridgehead atoms. The van der Waals surface area contributed by atoms with Crippen LogP contribution in [0.1, 0.15) is 15.9 Å². The predicted octanol–water partition coefficient (Wildman–Crippen LogP) is 6.02. The lowest BCUT2D eigenvalue weighted by Crippen LogP contribution is -2.28. The van der Waals surface area contributed by atoms with Crippen LogP contribution in [0.25, 0.3) is 11.1 Å². The largest absolute Gasteiger partial charge is 0.416 e. The van der Waals surface area contributed by atoms with E-state index >= 15 is 0 Å². The smallest absolute Gasteiger partial charge is 0.384 e. The molecule has 0 aliphatic carbocycles. The normalized spacial score (nSPS) is 11.7. The van der Waals surface area contributed by atoms with Gasteiger partial charge in [0, 0.05) is 30.0 Å². The van der Waals surface area contributed by atoms with E-state index in [1.807, 2.05) is 0 Å². The number of sulfonamides is 1. The van der Waals surface area contributed by atoms with E-state index in [1.165, 1.54) is 24.3 Å². The van der Waals surface area contributed by atoms with Gasteiger partial charge in [0.15, 0.2) is 0 Å². The summed E-state index contributed by atoms with van der Waals surface area (Å²) in [5, 5.41) is 5.91. The number of hydrogen-bond acceptors (Lipinski definition) is 4. The highest BCUT2D eigenvalue weighted by Crippen LogP contribution is 2.32. The third kappa shape index (κ3) is 6.78. The van der Waals surface area contributed by atoms with Crippen LogP contribution < -0.4 is 15.4 Å². The summed E-state index contributed by atoms with van der Waals surface area (Å²) in [6.45, 7) is 0.523. The number of carbonyl (C=O) groups excluding carboxylic acids is 1. The van der Waals surface area contributed by atoms with Crippen LogP contribution in [0.15, 0.2) is 108 Å². The van der Waals surface area contributed by atoms with E-state index in [-0.39, 0.29) is 11.4 Å². The number of benzene rings is 4. The highest BCUT2D eigenvalue weighted by molar-refractivity contribution is 7.89. The van der Waals surface area contributed by atoms with Crippen LogP contribution in [-0.4, -0.2) is 27.4 Å². The molecule has 0 saturated heterocycles. The molecule has 38 heavy (non-hydrogen) atoms. The standard InChI is InChI=1S/C28H24F3N3O3S/c29-28(30,31)21-12-10-20(11-13-21)25-8-4-5-9-26(25)27(35)34-23-16-14-22(15-17-23)32-18-19-33-38(36,37)24-6-2-1-3-7-24/h1-17,32-33H,18-19H2,(H,34,35). The van der Waals surface area contributed by atoms with Gasteiger partial charge in [-0.1, -0.05) is 48.5 Å². The van der Waals surface area contributed by atoms with Crippen LogP contribution in [0.5, 0.6) is 0 Å². The van der Waals surface area contributed by atoms with E-state index in [2.05, 4.69) is 15.4 Å². The van der Waals surface area contributed by atoms with E-state index in [0.717, 1.165) is 17.8 Å². The zero-order valence-corrected chi connectivity index (χ0v) is 20.8. The summed E-state index contributed by atoms with van der Waals surface area (Å²) in [5.74, 6) is -0.406. The SMILES string of the molecule is O=C(Nc1ccc(NCCNS(=O)(=O)c2ccccc2)cc1)c1ccccc1-c1ccc(C(F)(F)F)cc1. The Morgan fingerprint density at radius 1 is 0.711 bits per heavy atom. The Balaban J connectivity index is 1.35. The van der Waals surface area contributed by atoms with Gasteiger partial charge in [-0.2, -0.15) is 13.2 Å². The number of alkyl halides is 3. The number of amides is 1. The second-order valence-corrected chi connectivity index (χ2v) is 10.1. The first-order valence-electron chi connectivity index (χ1n) is 11.6. The average Bonchev–Trinajstić information content (AvgIpc) is 2.92. The highest BCUT2D eigenvalue weighted by Gasteiger charge is 2.30. The predicted molar refractivity (Wildman–Crippen MR) is 141 cm³/mol. The minimum absolute atomic E-state index is 0.177. The van der Waals surface area contributed by atoms with Crippen molar-refractivity contribution < 1.29 is 26.4 Å². The van der Waals surface area contributed by atoms with Gasteiger partial charge in [-0.05, 0) is 65.7 Å². The zero-order valence-electron chi connectivity index (χ0n) is 20.0. The second-order valence-electron chi connectivity index (χ2n) is 8.29. The summed E-state index contributed by atoms with van der Waals surface area (Å²) in [6, 6.07) is 26.3. The number of halogens is 3. The Morgan fingerprint density at radius 3 is 1.97 bits per heavy atom. The van der Waals surface area contributed by atoms with Crippen LogP contribution in [0, 0.1) is 0 Å². The van der Waals surface area contributed by atoms with Crippen molar-refractivity contribution in [3.63, 3.8) is 0 Å². The molecule has 6 nitrogen and oxygen atoms in total. The first-order chi connectivity index (χ1) is 18.1. The Kier molecular flexibility index (Phi) is 8.13. The van der Waals surface area contributed by atoms with Crippen molar-refractivity contribution in [3.05, 3.63) is 114 Å². The molecule has 196 valence electrons. The maximum Gasteiger partial charge on any atom is 0.416 e. The van der Waals surface area contributed by atoms with Gasteiger partial charge in [0.05, 0.1) is 10.5 Å². The minimum Gasteiger partial charge on any atom is -0.384 e. The van der Waals surface area contributed by atoms with Gasteiger partial charge >= 0.3 is 6.18 Å². The maximum absolute atomic E-state index is 13.0. The highest BCUT2D eigenvalue weighted by atomic mass is 32.2. The number of anilines is 2. The van der Waals surface area contributed by atoms with E-state index in [4.69, 9.17) is 0 Å². The quantitative estimate of drug-likeness (QED) is 0.227. The molecule has 4 aromatic carbocycles. The second kappa shape index (κ2) is 11.5. The summed E-state index contributed by atoms with van der Waals surface area (Å²) >= 11 is 0. The van der Waals surface area contributed by atoms with Crippen LogP contribution in [-0.2, 0) is 16.2 Å². The van der Waals surface area contributed by atoms with Crippen LogP contribution >= 0.6 is 0 Å². The van der Waals surface area contributed by atoms with Gasteiger partial charge in [0.1, 0.15) is 0 Å². The molecule has 0 radical (unpaired) electrons. The minimum atomic E-state index is -4.44. The molecule has 4 aromatic rings. The molecule has 10 heteroatoms. The molecule has 0 saturated carbocycles. The van der Waals surface area contributed by atoms with Crippen LogP contribution in [0.2, 0.25) is 0 Å². The molecule has 3 N–H and O–H groups in total. The van der Waals surface area contributed by atoms with Crippen molar-refractivity contribution >= 4 is 27.3 Å². The molecule has 0 spiro atoms. The molecule has 0 heterocycles. The fraction of sp³-hybridized carbons (Fsp3) is 0.107. The third-order valence-corrected chi connectivity index (χ3v) is 7.11. The van der Waals surface area contributed by atoms with E-state index < -0.39 is 27.7 Å². The molecular weight excluding hydrogens is 515 g/mol. The maximum atomic E-state index is 13.0. The third-order valence-electron chi connectivity index (χ3n) is 5.64. The number of hydrogen-bond donors (Lipinski definition) is 3. The molecule has 0 aliphatic rings. The zero-order chi connectivity index (χ0) is 27.2. The van der Waals surface area contributed by atoms with Gasteiger partial charge in [-0.25, -0.2) is 13.1 Å². The van der Waals surface area contributed by atoms with Gasteiger partial charge in [0.25, 0.3) is 5.91 Å². The Labute approximate surface area is 218 Å². The monoisotopic (exact) mass is 539 g/mol. The summed E-state index contributed by atoms with van der Waals surface area (Å²) in [7, 11) is -3.58. The van der Waals surface area contributed by atoms with Crippen molar-refractivity contribution in [2.45, 2.75) is 11.1 Å². The molecule has 0 atom stereocenters. The number of rotatable bonds is 9. The van der Waals surface area contributed by atoms with Crippen LogP contribution in [0.3, 0.4) is 0 Å². The van der Waals surface area contributed by atoms with Crippen LogP contribution in [0.4, 0.5) is 24.5 Å². The number of nitrogens with one attached hydrogen (secondary N) is 3. The molecule has 0 aromatic heterocycles. The summed E-state index contributed by atoms with van der Waals surface area (Å²) in [5.41, 5.74) is 1.81. The Morgan fingerprint density at radius 2 is 1.32 bits per heavy atom. The summed E-state index contributed by atoms with van der Waals surface area (Å²) in [4.78, 5) is 13.2.